The van der Waals surface area contributed by atoms with Crippen molar-refractivity contribution in [3.8, 4) is 0 Å². The summed E-state index contributed by atoms with van der Waals surface area (Å²) in [5, 5.41) is 1.31. The highest BCUT2D eigenvalue weighted by atomic mass is 127. The molecule has 0 aliphatic heterocycles. The highest BCUT2D eigenvalue weighted by Crippen LogP contribution is 2.15. The van der Waals surface area contributed by atoms with Crippen LogP contribution in [0.3, 0.4) is 0 Å². The normalized spacial score (nSPS) is 9.90. The van der Waals surface area contributed by atoms with Crippen LogP contribution in [0.2, 0.25) is 5.15 Å². The molecule has 10 heavy (non-hydrogen) atoms. The predicted molar refractivity (Wildman–Crippen MR) is 54.6 cm³/mol. The van der Waals surface area contributed by atoms with Gasteiger partial charge in [0.15, 0.2) is 0 Å². The minimum absolute atomic E-state index is 0.551. The van der Waals surface area contributed by atoms with Crippen molar-refractivity contribution in [1.82, 2.24) is 4.98 Å². The van der Waals surface area contributed by atoms with E-state index in [4.69, 9.17) is 11.6 Å². The summed E-state index contributed by atoms with van der Waals surface area (Å²) in [6.07, 6.45) is 0. The van der Waals surface area contributed by atoms with Gasteiger partial charge in [-0.25, -0.2) is 4.98 Å². The van der Waals surface area contributed by atoms with Crippen molar-refractivity contribution < 1.29 is 0 Å². The van der Waals surface area contributed by atoms with Crippen LogP contribution in [0.25, 0.3) is 0 Å². The Balaban J connectivity index is 3.09. The zero-order valence-electron chi connectivity index (χ0n) is 4.94. The lowest BCUT2D eigenvalue weighted by Gasteiger charge is -1.97. The topological polar surface area (TPSA) is 12.9 Å². The Labute approximate surface area is 86.4 Å². The number of hydrogen-bond donors (Lipinski definition) is 0. The lowest BCUT2D eigenvalue weighted by atomic mass is 10.4. The van der Waals surface area contributed by atoms with Gasteiger partial charge in [-0.3, -0.25) is 0 Å². The highest BCUT2D eigenvalue weighted by Gasteiger charge is 1.98. The number of rotatable bonds is 1. The highest BCUT2D eigenvalue weighted by molar-refractivity contribution is 14.1. The number of nitrogens with zero attached hydrogens (tertiary/aromatic N) is 1. The van der Waals surface area contributed by atoms with Crippen molar-refractivity contribution in [2.24, 2.45) is 0 Å². The fraction of sp³-hybridized carbons (Fsp3) is 0.167. The molecule has 0 amide bonds. The van der Waals surface area contributed by atoms with Crippen LogP contribution in [0.1, 0.15) is 5.69 Å². The molecule has 0 fully saturated rings. The maximum atomic E-state index is 5.66. The van der Waals surface area contributed by atoms with Crippen LogP contribution >= 0.6 is 50.1 Å². The zero-order chi connectivity index (χ0) is 7.56. The smallest absolute Gasteiger partial charge is 0.129 e. The Bertz CT molecular complexity index is 241. The second-order valence-electron chi connectivity index (χ2n) is 1.70. The molecule has 0 atom stereocenters. The fourth-order valence-corrected chi connectivity index (χ4v) is 2.16. The molecule has 0 aliphatic carbocycles. The quantitative estimate of drug-likeness (QED) is 0.437. The minimum atomic E-state index is 0.551. The first-order chi connectivity index (χ1) is 4.74. The molecule has 1 aromatic heterocycles. The maximum absolute atomic E-state index is 5.66. The van der Waals surface area contributed by atoms with E-state index in [-0.39, 0.29) is 0 Å². The van der Waals surface area contributed by atoms with Gasteiger partial charge in [0.25, 0.3) is 0 Å². The summed E-state index contributed by atoms with van der Waals surface area (Å²) < 4.78 is 1.14. The zero-order valence-corrected chi connectivity index (χ0v) is 9.44. The first kappa shape index (κ1) is 8.74. The van der Waals surface area contributed by atoms with Gasteiger partial charge >= 0.3 is 0 Å². The number of halogens is 3. The van der Waals surface area contributed by atoms with Crippen molar-refractivity contribution in [1.29, 1.82) is 0 Å². The largest absolute Gasteiger partial charge is 0.239 e. The number of aromatic nitrogens is 1. The molecule has 1 heterocycles. The van der Waals surface area contributed by atoms with Crippen molar-refractivity contribution in [3.63, 3.8) is 0 Å². The monoisotopic (exact) mass is 331 g/mol. The third kappa shape index (κ3) is 2.07. The Morgan fingerprint density at radius 2 is 2.30 bits per heavy atom. The first-order valence-corrected chi connectivity index (χ1v) is 5.18. The third-order valence-corrected chi connectivity index (χ3v) is 2.74. The molecular weight excluding hydrogens is 328 g/mol. The second kappa shape index (κ2) is 3.88. The maximum Gasteiger partial charge on any atom is 0.129 e. The lowest BCUT2D eigenvalue weighted by Crippen LogP contribution is -1.88. The predicted octanol–water partition coefficient (Wildman–Crippen LogP) is 3.23. The summed E-state index contributed by atoms with van der Waals surface area (Å²) in [5.74, 6) is 0. The first-order valence-electron chi connectivity index (χ1n) is 2.61. The van der Waals surface area contributed by atoms with E-state index < -0.39 is 0 Å². The van der Waals surface area contributed by atoms with E-state index in [0.717, 1.165) is 14.6 Å². The lowest BCUT2D eigenvalue weighted by molar-refractivity contribution is 1.16. The van der Waals surface area contributed by atoms with E-state index in [2.05, 4.69) is 43.5 Å². The van der Waals surface area contributed by atoms with Crippen LogP contribution < -0.4 is 0 Å². The van der Waals surface area contributed by atoms with Crippen molar-refractivity contribution in [2.45, 2.75) is 5.33 Å². The standard InChI is InChI=1S/C6H4BrClIN/c7-3-5-4(9)1-2-6(8)10-5/h1-2H,3H2. The van der Waals surface area contributed by atoms with Crippen molar-refractivity contribution in [3.05, 3.63) is 26.5 Å². The number of alkyl halides is 1. The van der Waals surface area contributed by atoms with E-state index in [9.17, 15) is 0 Å². The van der Waals surface area contributed by atoms with Gasteiger partial charge in [-0.2, -0.15) is 0 Å². The minimum Gasteiger partial charge on any atom is -0.239 e. The van der Waals surface area contributed by atoms with Crippen LogP contribution in [0.5, 0.6) is 0 Å². The van der Waals surface area contributed by atoms with Crippen LogP contribution in [-0.4, -0.2) is 4.98 Å². The SMILES string of the molecule is Clc1ccc(I)c(CBr)n1. The Morgan fingerprint density at radius 1 is 1.60 bits per heavy atom. The molecular formula is C6H4BrClIN. The number of hydrogen-bond acceptors (Lipinski definition) is 1. The van der Waals surface area contributed by atoms with Gasteiger partial charge in [0.1, 0.15) is 5.15 Å². The van der Waals surface area contributed by atoms with E-state index in [1.165, 1.54) is 0 Å². The molecule has 0 N–H and O–H groups in total. The van der Waals surface area contributed by atoms with Gasteiger partial charge in [-0.05, 0) is 34.7 Å². The van der Waals surface area contributed by atoms with Crippen LogP contribution in [-0.2, 0) is 5.33 Å². The van der Waals surface area contributed by atoms with E-state index >= 15 is 0 Å². The summed E-state index contributed by atoms with van der Waals surface area (Å²) in [7, 11) is 0. The van der Waals surface area contributed by atoms with Crippen LogP contribution in [0.4, 0.5) is 0 Å². The van der Waals surface area contributed by atoms with Gasteiger partial charge in [-0.15, -0.1) is 0 Å². The van der Waals surface area contributed by atoms with Gasteiger partial charge in [-0.1, -0.05) is 27.5 Å². The fourth-order valence-electron chi connectivity index (χ4n) is 0.551. The molecule has 1 aromatic rings. The molecule has 1 nitrogen and oxygen atoms in total. The number of pyridine rings is 1. The second-order valence-corrected chi connectivity index (χ2v) is 3.81. The molecule has 0 spiro atoms. The molecule has 0 saturated heterocycles. The van der Waals surface area contributed by atoms with Crippen molar-refractivity contribution in [2.75, 3.05) is 0 Å². The molecule has 0 unspecified atom stereocenters. The molecule has 0 aromatic carbocycles. The van der Waals surface area contributed by atoms with Crippen LogP contribution in [0.15, 0.2) is 12.1 Å². The molecule has 1 rings (SSSR count). The summed E-state index contributed by atoms with van der Waals surface area (Å²) in [6, 6.07) is 3.74. The van der Waals surface area contributed by atoms with Crippen molar-refractivity contribution >= 4 is 50.1 Å². The van der Waals surface area contributed by atoms with Gasteiger partial charge in [0.2, 0.25) is 0 Å². The van der Waals surface area contributed by atoms with E-state index in [1.807, 2.05) is 6.07 Å². The van der Waals surface area contributed by atoms with Gasteiger partial charge < -0.3 is 0 Å². The van der Waals surface area contributed by atoms with Gasteiger partial charge in [0, 0.05) is 8.90 Å². The van der Waals surface area contributed by atoms with Gasteiger partial charge in [0.05, 0.1) is 5.69 Å². The summed E-state index contributed by atoms with van der Waals surface area (Å²) in [5.41, 5.74) is 0.994. The molecule has 0 aliphatic rings. The Kier molecular flexibility index (Phi) is 3.39. The molecule has 0 radical (unpaired) electrons. The summed E-state index contributed by atoms with van der Waals surface area (Å²) in [4.78, 5) is 4.10. The molecule has 0 saturated carbocycles. The van der Waals surface area contributed by atoms with E-state index in [1.54, 1.807) is 6.07 Å². The average Bonchev–Trinajstić information content (AvgIpc) is 1.94. The molecule has 0 bridgehead atoms. The van der Waals surface area contributed by atoms with E-state index in [0.29, 0.717) is 5.15 Å². The average molecular weight is 332 g/mol. The van der Waals surface area contributed by atoms with Crippen LogP contribution in [0, 0.1) is 3.57 Å². The third-order valence-electron chi connectivity index (χ3n) is 1.01. The molecule has 4 heteroatoms. The summed E-state index contributed by atoms with van der Waals surface area (Å²) >= 11 is 11.2. The molecule has 54 valence electrons. The summed E-state index contributed by atoms with van der Waals surface area (Å²) in [6.45, 7) is 0. The Hall–Kier alpha value is 0.650. The Morgan fingerprint density at radius 3 is 2.80 bits per heavy atom.